The van der Waals surface area contributed by atoms with Gasteiger partial charge in [-0.15, -0.1) is 0 Å². The fourth-order valence-corrected chi connectivity index (χ4v) is 0.877. The predicted octanol–water partition coefficient (Wildman–Crippen LogP) is -0.896. The summed E-state index contributed by atoms with van der Waals surface area (Å²) in [6.07, 6.45) is -0.722. The molecule has 0 unspecified atom stereocenters. The van der Waals surface area contributed by atoms with E-state index in [1.54, 1.807) is 0 Å². The molecule has 0 radical (unpaired) electrons. The van der Waals surface area contributed by atoms with E-state index in [2.05, 4.69) is 0 Å². The van der Waals surface area contributed by atoms with Crippen molar-refractivity contribution in [2.75, 3.05) is 39.6 Å². The summed E-state index contributed by atoms with van der Waals surface area (Å²) in [4.78, 5) is 38.9. The van der Waals surface area contributed by atoms with Crippen molar-refractivity contribution >= 4 is 23.5 Å². The number of carboxylic acid groups (broad SMARTS) is 2. The largest absolute Gasteiger partial charge is 0.481 e. The van der Waals surface area contributed by atoms with Crippen LogP contribution in [0.1, 0.15) is 26.7 Å². The number of Topliss-reactive ketones (excluding diaryl/α,β-unsaturated/α-hetero) is 2. The lowest BCUT2D eigenvalue weighted by Crippen LogP contribution is -2.09. The Morgan fingerprint density at radius 2 is 0.958 bits per heavy atom. The molecule has 0 rings (SSSR count). The van der Waals surface area contributed by atoms with Crippen LogP contribution in [0.4, 0.5) is 0 Å². The molecule has 10 nitrogen and oxygen atoms in total. The normalized spacial score (nSPS) is 9.00. The summed E-state index contributed by atoms with van der Waals surface area (Å²) in [6.45, 7) is 4.22. The highest BCUT2D eigenvalue weighted by Crippen LogP contribution is 1.78. The summed E-state index contributed by atoms with van der Waals surface area (Å²) in [5.41, 5.74) is 0. The lowest BCUT2D eigenvalue weighted by atomic mass is 10.3. The van der Waals surface area contributed by atoms with Crippen molar-refractivity contribution in [2.45, 2.75) is 26.7 Å². The minimum atomic E-state index is -1.06. The van der Waals surface area contributed by atoms with Crippen LogP contribution in [0, 0.1) is 0 Å². The minimum Gasteiger partial charge on any atom is -0.481 e. The summed E-state index contributed by atoms with van der Waals surface area (Å²) in [5.74, 6) is -2.75. The minimum absolute atomic E-state index is 0.0417. The Hall–Kier alpha value is -1.88. The van der Waals surface area contributed by atoms with Gasteiger partial charge >= 0.3 is 11.9 Å². The zero-order valence-electron chi connectivity index (χ0n) is 13.9. The predicted molar refractivity (Wildman–Crippen MR) is 81.7 cm³/mol. The van der Waals surface area contributed by atoms with Crippen LogP contribution in [0.25, 0.3) is 0 Å². The smallest absolute Gasteiger partial charge is 0.310 e. The second-order valence-corrected chi connectivity index (χ2v) is 4.22. The second-order valence-electron chi connectivity index (χ2n) is 4.22. The first kappa shape index (κ1) is 27.0. The van der Waals surface area contributed by atoms with E-state index in [-0.39, 0.29) is 37.6 Å². The first-order valence-electron chi connectivity index (χ1n) is 6.97. The van der Waals surface area contributed by atoms with E-state index in [0.29, 0.717) is 26.4 Å². The van der Waals surface area contributed by atoms with Crippen LogP contribution >= 0.6 is 0 Å². The molecule has 0 saturated carbocycles. The molecule has 0 saturated heterocycles. The van der Waals surface area contributed by atoms with E-state index in [1.807, 2.05) is 0 Å². The molecule has 142 valence electrons. The number of aliphatic hydroxyl groups excluding tert-OH is 2. The van der Waals surface area contributed by atoms with Gasteiger partial charge in [-0.05, 0) is 13.8 Å². The number of carboxylic acids is 2. The fourth-order valence-electron chi connectivity index (χ4n) is 0.877. The Labute approximate surface area is 140 Å². The van der Waals surface area contributed by atoms with Crippen molar-refractivity contribution in [2.24, 2.45) is 0 Å². The third kappa shape index (κ3) is 42.7. The lowest BCUT2D eigenvalue weighted by molar-refractivity contribution is -0.141. The van der Waals surface area contributed by atoms with E-state index < -0.39 is 11.9 Å². The van der Waals surface area contributed by atoms with Gasteiger partial charge < -0.3 is 29.9 Å². The highest BCUT2D eigenvalue weighted by atomic mass is 16.5. The fraction of sp³-hybridized carbons (Fsp3) is 0.714. The zero-order chi connectivity index (χ0) is 19.4. The molecule has 0 atom stereocenters. The summed E-state index contributed by atoms with van der Waals surface area (Å²) in [5, 5.41) is 32.3. The van der Waals surface area contributed by atoms with Gasteiger partial charge in [0.05, 0.1) is 39.6 Å². The molecule has 0 aromatic heterocycles. The van der Waals surface area contributed by atoms with Crippen molar-refractivity contribution < 1.29 is 49.1 Å². The maximum Gasteiger partial charge on any atom is 0.310 e. The molecule has 0 aliphatic carbocycles. The number of carbonyl (C=O) groups excluding carboxylic acids is 2. The Morgan fingerprint density at radius 3 is 1.08 bits per heavy atom. The SMILES string of the molecule is CC(=O)CC(=O)O.CC(=O)CC(=O)O.OCCOCCOCCO. The van der Waals surface area contributed by atoms with Gasteiger partial charge in [0.25, 0.3) is 0 Å². The monoisotopic (exact) mass is 354 g/mol. The van der Waals surface area contributed by atoms with Crippen LogP contribution in [-0.2, 0) is 28.7 Å². The van der Waals surface area contributed by atoms with Crippen molar-refractivity contribution in [1.82, 2.24) is 0 Å². The zero-order valence-corrected chi connectivity index (χ0v) is 13.9. The highest BCUT2D eigenvalue weighted by molar-refractivity contribution is 5.93. The molecule has 0 amide bonds. The number of ketones is 2. The van der Waals surface area contributed by atoms with Gasteiger partial charge in [0.2, 0.25) is 0 Å². The maximum atomic E-state index is 9.87. The molecule has 0 bridgehead atoms. The third-order valence-electron chi connectivity index (χ3n) is 1.64. The van der Waals surface area contributed by atoms with E-state index in [9.17, 15) is 19.2 Å². The molecule has 0 aromatic rings. The topological polar surface area (TPSA) is 168 Å². The van der Waals surface area contributed by atoms with E-state index in [4.69, 9.17) is 29.9 Å². The molecule has 0 aromatic carbocycles. The van der Waals surface area contributed by atoms with Crippen LogP contribution < -0.4 is 0 Å². The van der Waals surface area contributed by atoms with Crippen molar-refractivity contribution in [3.05, 3.63) is 0 Å². The highest BCUT2D eigenvalue weighted by Gasteiger charge is 1.98. The number of aliphatic carboxylic acids is 2. The molecular formula is C14H26O10. The van der Waals surface area contributed by atoms with Crippen LogP contribution in [0.5, 0.6) is 0 Å². The summed E-state index contributed by atoms with van der Waals surface area (Å²) in [7, 11) is 0. The molecule has 24 heavy (non-hydrogen) atoms. The van der Waals surface area contributed by atoms with Gasteiger partial charge in [0.15, 0.2) is 0 Å². The number of rotatable bonds is 11. The van der Waals surface area contributed by atoms with Crippen LogP contribution in [0.3, 0.4) is 0 Å². The van der Waals surface area contributed by atoms with Gasteiger partial charge in [-0.1, -0.05) is 0 Å². The molecule has 4 N–H and O–H groups in total. The first-order chi connectivity index (χ1) is 11.2. The van der Waals surface area contributed by atoms with Gasteiger partial charge in [-0.3, -0.25) is 19.2 Å². The number of hydrogen-bond acceptors (Lipinski definition) is 8. The lowest BCUT2D eigenvalue weighted by Gasteiger charge is -2.01. The molecule has 0 aliphatic heterocycles. The average molecular weight is 354 g/mol. The molecule has 10 heteroatoms. The summed E-state index contributed by atoms with van der Waals surface area (Å²) >= 11 is 0. The van der Waals surface area contributed by atoms with Crippen molar-refractivity contribution in [3.8, 4) is 0 Å². The summed E-state index contributed by atoms with van der Waals surface area (Å²) in [6, 6.07) is 0. The third-order valence-corrected chi connectivity index (χ3v) is 1.64. The van der Waals surface area contributed by atoms with Crippen LogP contribution in [0.15, 0.2) is 0 Å². The van der Waals surface area contributed by atoms with Gasteiger partial charge in [0, 0.05) is 0 Å². The Kier molecular flexibility index (Phi) is 23.8. The van der Waals surface area contributed by atoms with Crippen molar-refractivity contribution in [1.29, 1.82) is 0 Å². The first-order valence-corrected chi connectivity index (χ1v) is 6.97. The van der Waals surface area contributed by atoms with E-state index in [0.717, 1.165) is 0 Å². The number of carbonyl (C=O) groups is 4. The van der Waals surface area contributed by atoms with Crippen molar-refractivity contribution in [3.63, 3.8) is 0 Å². The molecular weight excluding hydrogens is 328 g/mol. The number of ether oxygens (including phenoxy) is 2. The molecule has 0 spiro atoms. The number of hydrogen-bond donors (Lipinski definition) is 4. The molecule has 0 fully saturated rings. The van der Waals surface area contributed by atoms with Gasteiger partial charge in [0.1, 0.15) is 24.4 Å². The van der Waals surface area contributed by atoms with Gasteiger partial charge in [-0.25, -0.2) is 0 Å². The quantitative estimate of drug-likeness (QED) is 0.270. The number of aliphatic hydroxyl groups is 2. The standard InChI is InChI=1S/C6H14O4.2C4H6O3/c7-1-3-9-5-6-10-4-2-8;2*1-3(5)2-4(6)7/h7-8H,1-6H2;2*2H2,1H3,(H,6,7). The molecule has 0 aliphatic rings. The van der Waals surface area contributed by atoms with E-state index >= 15 is 0 Å². The average Bonchev–Trinajstić information content (AvgIpc) is 2.41. The summed E-state index contributed by atoms with van der Waals surface area (Å²) < 4.78 is 9.75. The van der Waals surface area contributed by atoms with Gasteiger partial charge in [-0.2, -0.15) is 0 Å². The second kappa shape index (κ2) is 21.1. The van der Waals surface area contributed by atoms with Crippen LogP contribution in [0.2, 0.25) is 0 Å². The van der Waals surface area contributed by atoms with E-state index in [1.165, 1.54) is 13.8 Å². The Morgan fingerprint density at radius 1 is 0.667 bits per heavy atom. The Bertz CT molecular complexity index is 295. The maximum absolute atomic E-state index is 9.87. The van der Waals surface area contributed by atoms with Crippen LogP contribution in [-0.4, -0.2) is 83.6 Å². The molecule has 0 heterocycles. The Balaban J connectivity index is -0.000000283.